The van der Waals surface area contributed by atoms with Crippen LogP contribution in [0.4, 0.5) is 11.4 Å². The summed E-state index contributed by atoms with van der Waals surface area (Å²) in [4.78, 5) is 37.3. The van der Waals surface area contributed by atoms with E-state index >= 15 is 0 Å². The topological polar surface area (TPSA) is 117 Å². The fourth-order valence-electron chi connectivity index (χ4n) is 2.64. The van der Waals surface area contributed by atoms with E-state index in [4.69, 9.17) is 0 Å². The molecular formula is C18H16N4O4. The number of rotatable bonds is 6. The normalized spacial score (nSPS) is 10.5. The smallest absolute Gasteiger partial charge is 0.292 e. The lowest BCUT2D eigenvalue weighted by Gasteiger charge is -2.09. The lowest BCUT2D eigenvalue weighted by Crippen LogP contribution is -2.30. The third kappa shape index (κ3) is 3.69. The van der Waals surface area contributed by atoms with Crippen molar-refractivity contribution in [2.45, 2.75) is 0 Å². The number of amides is 1. The van der Waals surface area contributed by atoms with Crippen molar-refractivity contribution in [3.05, 3.63) is 80.6 Å². The van der Waals surface area contributed by atoms with Crippen LogP contribution in [-0.4, -0.2) is 28.9 Å². The zero-order valence-corrected chi connectivity index (χ0v) is 13.7. The number of nitro benzene ring substituents is 1. The van der Waals surface area contributed by atoms with Crippen LogP contribution in [0.1, 0.15) is 10.4 Å². The van der Waals surface area contributed by atoms with Gasteiger partial charge in [-0.25, -0.2) is 0 Å². The van der Waals surface area contributed by atoms with E-state index < -0.39 is 4.92 Å². The number of nitrogens with zero attached hydrogens (tertiary/aromatic N) is 1. The lowest BCUT2D eigenvalue weighted by molar-refractivity contribution is -0.384. The molecule has 0 saturated heterocycles. The Morgan fingerprint density at radius 1 is 1.08 bits per heavy atom. The summed E-state index contributed by atoms with van der Waals surface area (Å²) in [6.07, 6.45) is 0. The molecule has 0 fully saturated rings. The van der Waals surface area contributed by atoms with Crippen LogP contribution in [0.3, 0.4) is 0 Å². The number of pyridine rings is 1. The van der Waals surface area contributed by atoms with Crippen LogP contribution in [-0.2, 0) is 0 Å². The number of anilines is 1. The number of nitro groups is 1. The fraction of sp³-hybridized carbons (Fsp3) is 0.111. The zero-order valence-electron chi connectivity index (χ0n) is 13.7. The number of hydrogen-bond acceptors (Lipinski definition) is 5. The molecule has 0 aliphatic carbocycles. The number of carbonyl (C=O) groups excluding carboxylic acids is 1. The summed E-state index contributed by atoms with van der Waals surface area (Å²) >= 11 is 0. The Kier molecular flexibility index (Phi) is 4.93. The molecule has 3 aromatic rings. The van der Waals surface area contributed by atoms with Gasteiger partial charge in [-0.05, 0) is 12.1 Å². The number of aromatic amines is 1. The van der Waals surface area contributed by atoms with E-state index in [-0.39, 0.29) is 29.3 Å². The van der Waals surface area contributed by atoms with Crippen molar-refractivity contribution in [1.29, 1.82) is 0 Å². The van der Waals surface area contributed by atoms with Gasteiger partial charge in [0.05, 0.1) is 10.5 Å². The van der Waals surface area contributed by atoms with Gasteiger partial charge in [0.1, 0.15) is 5.69 Å². The van der Waals surface area contributed by atoms with E-state index in [9.17, 15) is 19.7 Å². The Bertz CT molecular complexity index is 1030. The lowest BCUT2D eigenvalue weighted by atomic mass is 10.1. The molecule has 0 saturated carbocycles. The van der Waals surface area contributed by atoms with Crippen molar-refractivity contribution in [1.82, 2.24) is 10.3 Å². The highest BCUT2D eigenvalue weighted by Crippen LogP contribution is 2.22. The maximum atomic E-state index is 12.4. The Morgan fingerprint density at radius 2 is 1.81 bits per heavy atom. The molecule has 3 N–H and O–H groups in total. The Labute approximate surface area is 148 Å². The fourth-order valence-corrected chi connectivity index (χ4v) is 2.64. The summed E-state index contributed by atoms with van der Waals surface area (Å²) in [6.45, 7) is 0.545. The van der Waals surface area contributed by atoms with Crippen LogP contribution in [0.25, 0.3) is 10.9 Å². The van der Waals surface area contributed by atoms with Crippen molar-refractivity contribution in [3.63, 3.8) is 0 Å². The van der Waals surface area contributed by atoms with E-state index in [1.54, 1.807) is 42.5 Å². The van der Waals surface area contributed by atoms with Gasteiger partial charge in [-0.15, -0.1) is 0 Å². The van der Waals surface area contributed by atoms with Crippen LogP contribution >= 0.6 is 0 Å². The molecule has 0 radical (unpaired) electrons. The van der Waals surface area contributed by atoms with Gasteiger partial charge in [0.2, 0.25) is 5.56 Å². The number of para-hydroxylation sites is 3. The van der Waals surface area contributed by atoms with E-state index in [2.05, 4.69) is 15.6 Å². The molecule has 132 valence electrons. The first-order chi connectivity index (χ1) is 12.6. The summed E-state index contributed by atoms with van der Waals surface area (Å²) in [6, 6.07) is 14.6. The number of aromatic nitrogens is 1. The second-order valence-electron chi connectivity index (χ2n) is 5.55. The molecule has 0 aliphatic rings. The van der Waals surface area contributed by atoms with Crippen molar-refractivity contribution in [2.75, 3.05) is 18.4 Å². The molecule has 1 heterocycles. The molecule has 0 bridgehead atoms. The number of carbonyl (C=O) groups is 1. The van der Waals surface area contributed by atoms with Crippen LogP contribution in [0.2, 0.25) is 0 Å². The standard InChI is InChI=1S/C18H16N4O4/c23-17-11-13(12-5-1-2-6-14(12)21-17)18(24)20-10-9-19-15-7-3-4-8-16(15)22(25)26/h1-8,11,19H,9-10H2,(H,20,24)(H,21,23). The summed E-state index contributed by atoms with van der Waals surface area (Å²) in [5.41, 5.74) is 0.873. The number of benzene rings is 2. The molecule has 0 aliphatic heterocycles. The summed E-state index contributed by atoms with van der Waals surface area (Å²) < 4.78 is 0. The third-order valence-corrected chi connectivity index (χ3v) is 3.82. The maximum Gasteiger partial charge on any atom is 0.292 e. The summed E-state index contributed by atoms with van der Waals surface area (Å²) in [5.74, 6) is -0.378. The average molecular weight is 352 g/mol. The molecule has 2 aromatic carbocycles. The van der Waals surface area contributed by atoms with E-state index in [1.165, 1.54) is 12.1 Å². The second-order valence-corrected chi connectivity index (χ2v) is 5.55. The quantitative estimate of drug-likeness (QED) is 0.357. The van der Waals surface area contributed by atoms with E-state index in [0.717, 1.165) is 0 Å². The highest BCUT2D eigenvalue weighted by molar-refractivity contribution is 6.05. The number of fused-ring (bicyclic) bond motifs is 1. The van der Waals surface area contributed by atoms with Gasteiger partial charge in [-0.3, -0.25) is 19.7 Å². The van der Waals surface area contributed by atoms with Crippen LogP contribution in [0.15, 0.2) is 59.4 Å². The van der Waals surface area contributed by atoms with E-state index in [0.29, 0.717) is 23.1 Å². The predicted octanol–water partition coefficient (Wildman–Crippen LogP) is 2.28. The Balaban J connectivity index is 1.66. The molecule has 8 nitrogen and oxygen atoms in total. The van der Waals surface area contributed by atoms with Gasteiger partial charge >= 0.3 is 0 Å². The monoisotopic (exact) mass is 352 g/mol. The van der Waals surface area contributed by atoms with Crippen molar-refractivity contribution >= 4 is 28.2 Å². The van der Waals surface area contributed by atoms with Gasteiger partial charge in [0.25, 0.3) is 11.6 Å². The van der Waals surface area contributed by atoms with Crippen LogP contribution in [0, 0.1) is 10.1 Å². The van der Waals surface area contributed by atoms with Gasteiger partial charge in [0.15, 0.2) is 0 Å². The highest BCUT2D eigenvalue weighted by Gasteiger charge is 2.13. The molecule has 3 rings (SSSR count). The molecule has 0 atom stereocenters. The Hall–Kier alpha value is -3.68. The minimum atomic E-state index is -0.469. The summed E-state index contributed by atoms with van der Waals surface area (Å²) in [7, 11) is 0. The molecule has 0 spiro atoms. The predicted molar refractivity (Wildman–Crippen MR) is 98.5 cm³/mol. The zero-order chi connectivity index (χ0) is 18.5. The molecule has 1 aromatic heterocycles. The maximum absolute atomic E-state index is 12.4. The average Bonchev–Trinajstić information content (AvgIpc) is 2.64. The highest BCUT2D eigenvalue weighted by atomic mass is 16.6. The number of hydrogen-bond donors (Lipinski definition) is 3. The third-order valence-electron chi connectivity index (χ3n) is 3.82. The summed E-state index contributed by atoms with van der Waals surface area (Å²) in [5, 5.41) is 17.3. The first-order valence-electron chi connectivity index (χ1n) is 7.94. The molecule has 1 amide bonds. The van der Waals surface area contributed by atoms with Crippen LogP contribution in [0.5, 0.6) is 0 Å². The first-order valence-corrected chi connectivity index (χ1v) is 7.94. The van der Waals surface area contributed by atoms with Gasteiger partial charge in [-0.1, -0.05) is 30.3 Å². The SMILES string of the molecule is O=C(NCCNc1ccccc1[N+](=O)[O-])c1cc(=O)[nH]c2ccccc12. The van der Waals surface area contributed by atoms with Crippen LogP contribution < -0.4 is 16.2 Å². The number of nitrogens with one attached hydrogen (secondary N) is 3. The van der Waals surface area contributed by atoms with Gasteiger partial charge in [-0.2, -0.15) is 0 Å². The van der Waals surface area contributed by atoms with Gasteiger partial charge in [0, 0.05) is 36.1 Å². The molecule has 26 heavy (non-hydrogen) atoms. The second kappa shape index (κ2) is 7.47. The van der Waals surface area contributed by atoms with Crippen molar-refractivity contribution in [2.24, 2.45) is 0 Å². The van der Waals surface area contributed by atoms with Gasteiger partial charge < -0.3 is 15.6 Å². The minimum absolute atomic E-state index is 0.0283. The molecule has 0 unspecified atom stereocenters. The Morgan fingerprint density at radius 3 is 2.62 bits per heavy atom. The van der Waals surface area contributed by atoms with E-state index in [1.807, 2.05) is 0 Å². The van der Waals surface area contributed by atoms with Crippen molar-refractivity contribution in [3.8, 4) is 0 Å². The first kappa shape index (κ1) is 17.2. The molecule has 8 heteroatoms. The van der Waals surface area contributed by atoms with Crippen molar-refractivity contribution < 1.29 is 9.72 Å². The minimum Gasteiger partial charge on any atom is -0.378 e. The number of H-pyrrole nitrogens is 1. The largest absolute Gasteiger partial charge is 0.378 e. The molecular weight excluding hydrogens is 336 g/mol.